The predicted molar refractivity (Wildman–Crippen MR) is 44.2 cm³/mol. The Balaban J connectivity index is 2.89. The minimum atomic E-state index is -0.289. The van der Waals surface area contributed by atoms with E-state index in [2.05, 4.69) is 5.32 Å². The quantitative estimate of drug-likeness (QED) is 0.723. The van der Waals surface area contributed by atoms with Crippen LogP contribution in [0.2, 0.25) is 5.02 Å². The second-order valence-corrected chi connectivity index (χ2v) is 2.74. The Kier molecular flexibility index (Phi) is 2.85. The fourth-order valence-corrected chi connectivity index (χ4v) is 1.16. The van der Waals surface area contributed by atoms with Gasteiger partial charge in [0.2, 0.25) is 0 Å². The SMILES string of the molecule is CNCc1cc(F)cc(Cl)c1. The van der Waals surface area contributed by atoms with Crippen molar-refractivity contribution in [3.05, 3.63) is 34.6 Å². The minimum absolute atomic E-state index is 0.289. The van der Waals surface area contributed by atoms with Gasteiger partial charge in [-0.05, 0) is 30.8 Å². The molecule has 1 aromatic carbocycles. The van der Waals surface area contributed by atoms with E-state index >= 15 is 0 Å². The largest absolute Gasteiger partial charge is 0.316 e. The van der Waals surface area contributed by atoms with Gasteiger partial charge in [0.05, 0.1) is 0 Å². The van der Waals surface area contributed by atoms with E-state index in [1.54, 1.807) is 13.1 Å². The van der Waals surface area contributed by atoms with Crippen LogP contribution in [0.15, 0.2) is 18.2 Å². The summed E-state index contributed by atoms with van der Waals surface area (Å²) in [6.07, 6.45) is 0. The summed E-state index contributed by atoms with van der Waals surface area (Å²) in [5, 5.41) is 3.35. The van der Waals surface area contributed by atoms with Crippen LogP contribution < -0.4 is 5.32 Å². The van der Waals surface area contributed by atoms with E-state index in [0.29, 0.717) is 11.6 Å². The zero-order chi connectivity index (χ0) is 8.27. The molecular weight excluding hydrogens is 165 g/mol. The van der Waals surface area contributed by atoms with Crippen LogP contribution in [0.3, 0.4) is 0 Å². The summed E-state index contributed by atoms with van der Waals surface area (Å²) in [4.78, 5) is 0. The van der Waals surface area contributed by atoms with Gasteiger partial charge in [0.1, 0.15) is 5.82 Å². The first-order valence-corrected chi connectivity index (χ1v) is 3.70. The Bertz CT molecular complexity index is 230. The van der Waals surface area contributed by atoms with Crippen molar-refractivity contribution in [2.75, 3.05) is 7.05 Å². The lowest BCUT2D eigenvalue weighted by molar-refractivity contribution is 0.624. The second-order valence-electron chi connectivity index (χ2n) is 2.31. The highest BCUT2D eigenvalue weighted by Gasteiger charge is 1.96. The summed E-state index contributed by atoms with van der Waals surface area (Å²) in [6.45, 7) is 0.636. The van der Waals surface area contributed by atoms with E-state index in [1.165, 1.54) is 12.1 Å². The first-order valence-electron chi connectivity index (χ1n) is 3.32. The summed E-state index contributed by atoms with van der Waals surface area (Å²) >= 11 is 5.62. The van der Waals surface area contributed by atoms with Crippen molar-refractivity contribution in [2.24, 2.45) is 0 Å². The fraction of sp³-hybridized carbons (Fsp3) is 0.250. The molecule has 60 valence electrons. The molecule has 0 radical (unpaired) electrons. The normalized spacial score (nSPS) is 10.1. The van der Waals surface area contributed by atoms with Gasteiger partial charge in [0.15, 0.2) is 0 Å². The molecule has 0 aliphatic rings. The molecule has 0 atom stereocenters. The summed E-state index contributed by atoms with van der Waals surface area (Å²) in [5.74, 6) is -0.289. The molecule has 1 nitrogen and oxygen atoms in total. The average Bonchev–Trinajstić information content (AvgIpc) is 1.85. The molecule has 0 aromatic heterocycles. The van der Waals surface area contributed by atoms with Gasteiger partial charge in [0.25, 0.3) is 0 Å². The van der Waals surface area contributed by atoms with Crippen LogP contribution in [-0.4, -0.2) is 7.05 Å². The van der Waals surface area contributed by atoms with Gasteiger partial charge >= 0.3 is 0 Å². The molecule has 0 amide bonds. The lowest BCUT2D eigenvalue weighted by Gasteiger charge is -2.00. The number of hydrogen-bond acceptors (Lipinski definition) is 1. The molecule has 1 N–H and O–H groups in total. The topological polar surface area (TPSA) is 12.0 Å². The number of nitrogens with one attached hydrogen (secondary N) is 1. The van der Waals surface area contributed by atoms with Gasteiger partial charge in [-0.2, -0.15) is 0 Å². The molecule has 1 aromatic rings. The van der Waals surface area contributed by atoms with Crippen molar-refractivity contribution < 1.29 is 4.39 Å². The zero-order valence-corrected chi connectivity index (χ0v) is 6.95. The maximum atomic E-state index is 12.6. The molecular formula is C8H9ClFN. The second kappa shape index (κ2) is 3.69. The van der Waals surface area contributed by atoms with Crippen LogP contribution in [0, 0.1) is 5.82 Å². The summed E-state index contributed by atoms with van der Waals surface area (Å²) < 4.78 is 12.6. The van der Waals surface area contributed by atoms with Gasteiger partial charge in [0, 0.05) is 11.6 Å². The molecule has 1 rings (SSSR count). The van der Waals surface area contributed by atoms with E-state index in [-0.39, 0.29) is 5.82 Å². The van der Waals surface area contributed by atoms with Crippen molar-refractivity contribution in [1.29, 1.82) is 0 Å². The van der Waals surface area contributed by atoms with Gasteiger partial charge in [-0.3, -0.25) is 0 Å². The van der Waals surface area contributed by atoms with Crippen LogP contribution in [0.4, 0.5) is 4.39 Å². The lowest BCUT2D eigenvalue weighted by Crippen LogP contribution is -2.04. The predicted octanol–water partition coefficient (Wildman–Crippen LogP) is 2.20. The first kappa shape index (κ1) is 8.50. The third-order valence-electron chi connectivity index (χ3n) is 1.30. The molecule has 11 heavy (non-hydrogen) atoms. The third-order valence-corrected chi connectivity index (χ3v) is 1.52. The van der Waals surface area contributed by atoms with E-state index in [4.69, 9.17) is 11.6 Å². The van der Waals surface area contributed by atoms with Crippen molar-refractivity contribution in [1.82, 2.24) is 5.32 Å². The zero-order valence-electron chi connectivity index (χ0n) is 6.20. The Morgan fingerprint density at radius 2 is 2.18 bits per heavy atom. The first-order chi connectivity index (χ1) is 5.22. The molecule has 0 saturated carbocycles. The maximum absolute atomic E-state index is 12.6. The van der Waals surface area contributed by atoms with Crippen LogP contribution in [0.5, 0.6) is 0 Å². The number of hydrogen-bond donors (Lipinski definition) is 1. The fourth-order valence-electron chi connectivity index (χ4n) is 0.917. The minimum Gasteiger partial charge on any atom is -0.316 e. The Hall–Kier alpha value is -0.600. The molecule has 3 heteroatoms. The number of rotatable bonds is 2. The van der Waals surface area contributed by atoms with Gasteiger partial charge < -0.3 is 5.32 Å². The standard InChI is InChI=1S/C8H9ClFN/c1-11-5-6-2-7(9)4-8(10)3-6/h2-4,11H,5H2,1H3. The van der Waals surface area contributed by atoms with Gasteiger partial charge in [-0.25, -0.2) is 4.39 Å². The molecule has 0 aliphatic carbocycles. The average molecular weight is 174 g/mol. The van der Waals surface area contributed by atoms with E-state index in [9.17, 15) is 4.39 Å². The van der Waals surface area contributed by atoms with Crippen molar-refractivity contribution >= 4 is 11.6 Å². The van der Waals surface area contributed by atoms with Crippen molar-refractivity contribution in [2.45, 2.75) is 6.54 Å². The number of halogens is 2. The third kappa shape index (κ3) is 2.48. The Morgan fingerprint density at radius 3 is 2.73 bits per heavy atom. The van der Waals surface area contributed by atoms with Gasteiger partial charge in [-0.1, -0.05) is 11.6 Å². The molecule has 0 spiro atoms. The van der Waals surface area contributed by atoms with E-state index in [0.717, 1.165) is 5.56 Å². The number of benzene rings is 1. The molecule has 0 bridgehead atoms. The summed E-state index contributed by atoms with van der Waals surface area (Å²) in [6, 6.07) is 4.49. The molecule has 0 saturated heterocycles. The molecule has 0 aliphatic heterocycles. The van der Waals surface area contributed by atoms with Crippen molar-refractivity contribution in [3.8, 4) is 0 Å². The van der Waals surface area contributed by atoms with Crippen LogP contribution in [0.25, 0.3) is 0 Å². The maximum Gasteiger partial charge on any atom is 0.125 e. The van der Waals surface area contributed by atoms with E-state index < -0.39 is 0 Å². The summed E-state index contributed by atoms with van der Waals surface area (Å²) in [5.41, 5.74) is 0.859. The van der Waals surface area contributed by atoms with Crippen LogP contribution in [0.1, 0.15) is 5.56 Å². The van der Waals surface area contributed by atoms with Crippen LogP contribution in [-0.2, 0) is 6.54 Å². The highest BCUT2D eigenvalue weighted by molar-refractivity contribution is 6.30. The Labute approximate surface area is 70.2 Å². The summed E-state index contributed by atoms with van der Waals surface area (Å²) in [7, 11) is 1.80. The van der Waals surface area contributed by atoms with Crippen molar-refractivity contribution in [3.63, 3.8) is 0 Å². The van der Waals surface area contributed by atoms with Crippen LogP contribution >= 0.6 is 11.6 Å². The lowest BCUT2D eigenvalue weighted by atomic mass is 10.2. The van der Waals surface area contributed by atoms with Gasteiger partial charge in [-0.15, -0.1) is 0 Å². The smallest absolute Gasteiger partial charge is 0.125 e. The highest BCUT2D eigenvalue weighted by Crippen LogP contribution is 2.13. The molecule has 0 fully saturated rings. The monoisotopic (exact) mass is 173 g/mol. The highest BCUT2D eigenvalue weighted by atomic mass is 35.5. The molecule has 0 heterocycles. The van der Waals surface area contributed by atoms with E-state index in [1.807, 2.05) is 0 Å². The Morgan fingerprint density at radius 1 is 1.45 bits per heavy atom. The molecule has 0 unspecified atom stereocenters.